The minimum Gasteiger partial charge on any atom is -0.468 e. The molecule has 25 heavy (non-hydrogen) atoms. The summed E-state index contributed by atoms with van der Waals surface area (Å²) in [5.74, 6) is 0.726. The third-order valence-corrected chi connectivity index (χ3v) is 6.21. The normalized spacial score (nSPS) is 18.1. The van der Waals surface area contributed by atoms with Crippen molar-refractivity contribution in [2.75, 3.05) is 31.3 Å². The molecule has 9 heteroatoms. The SMILES string of the molecule is COC(=O)[C@H]1CN(Cn2nc(Nc3cccc(C)c3)sc2=S)CCS1. The van der Waals surface area contributed by atoms with Crippen molar-refractivity contribution in [2.24, 2.45) is 0 Å². The largest absolute Gasteiger partial charge is 0.468 e. The Morgan fingerprint density at radius 1 is 1.52 bits per heavy atom. The van der Waals surface area contributed by atoms with Gasteiger partial charge in [-0.1, -0.05) is 23.5 Å². The number of aromatic nitrogens is 2. The minimum atomic E-state index is -0.168. The number of nitrogens with one attached hydrogen (secondary N) is 1. The van der Waals surface area contributed by atoms with E-state index in [-0.39, 0.29) is 11.2 Å². The summed E-state index contributed by atoms with van der Waals surface area (Å²) in [6, 6.07) is 8.13. The maximum absolute atomic E-state index is 11.7. The highest BCUT2D eigenvalue weighted by atomic mass is 32.2. The third kappa shape index (κ3) is 4.81. The molecule has 6 nitrogen and oxygen atoms in total. The van der Waals surface area contributed by atoms with Crippen LogP contribution in [0.15, 0.2) is 24.3 Å². The Balaban J connectivity index is 1.66. The van der Waals surface area contributed by atoms with E-state index in [9.17, 15) is 4.79 Å². The van der Waals surface area contributed by atoms with Crippen LogP contribution in [0.2, 0.25) is 0 Å². The number of nitrogens with zero attached hydrogens (tertiary/aromatic N) is 3. The Labute approximate surface area is 160 Å². The van der Waals surface area contributed by atoms with Crippen molar-refractivity contribution < 1.29 is 9.53 Å². The fraction of sp³-hybridized carbons (Fsp3) is 0.438. The fourth-order valence-electron chi connectivity index (χ4n) is 2.59. The number of anilines is 2. The molecule has 1 aliphatic heterocycles. The van der Waals surface area contributed by atoms with Gasteiger partial charge in [0.2, 0.25) is 5.13 Å². The molecule has 2 aromatic rings. The van der Waals surface area contributed by atoms with Crippen LogP contribution in [-0.4, -0.2) is 51.9 Å². The second kappa shape index (κ2) is 8.31. The second-order valence-electron chi connectivity index (χ2n) is 5.77. The number of methoxy groups -OCH3 is 1. The van der Waals surface area contributed by atoms with E-state index >= 15 is 0 Å². The number of rotatable bonds is 5. The van der Waals surface area contributed by atoms with Gasteiger partial charge in [-0.05, 0) is 36.8 Å². The molecule has 0 radical (unpaired) electrons. The highest BCUT2D eigenvalue weighted by Crippen LogP contribution is 2.23. The predicted octanol–water partition coefficient (Wildman–Crippen LogP) is 3.27. The molecule has 1 saturated heterocycles. The van der Waals surface area contributed by atoms with Crippen LogP contribution in [0.3, 0.4) is 0 Å². The zero-order valence-electron chi connectivity index (χ0n) is 14.1. The molecule has 1 aromatic heterocycles. The van der Waals surface area contributed by atoms with Gasteiger partial charge >= 0.3 is 5.97 Å². The summed E-state index contributed by atoms with van der Waals surface area (Å²) in [5.41, 5.74) is 2.18. The van der Waals surface area contributed by atoms with Crippen LogP contribution in [0.4, 0.5) is 10.8 Å². The Hall–Kier alpha value is -1.42. The molecule has 134 valence electrons. The Morgan fingerprint density at radius 2 is 2.36 bits per heavy atom. The second-order valence-corrected chi connectivity index (χ2v) is 8.70. The topological polar surface area (TPSA) is 59.4 Å². The van der Waals surface area contributed by atoms with Gasteiger partial charge in [-0.25, -0.2) is 4.68 Å². The lowest BCUT2D eigenvalue weighted by Gasteiger charge is -2.30. The first-order valence-electron chi connectivity index (χ1n) is 7.88. The van der Waals surface area contributed by atoms with Crippen molar-refractivity contribution in [1.29, 1.82) is 0 Å². The van der Waals surface area contributed by atoms with E-state index in [4.69, 9.17) is 17.0 Å². The average molecular weight is 397 g/mol. The molecule has 1 aromatic carbocycles. The minimum absolute atomic E-state index is 0.142. The summed E-state index contributed by atoms with van der Waals surface area (Å²) >= 11 is 8.53. The van der Waals surface area contributed by atoms with Gasteiger partial charge in [-0.15, -0.1) is 16.9 Å². The summed E-state index contributed by atoms with van der Waals surface area (Å²) in [6.45, 7) is 4.19. The number of hydrogen-bond donors (Lipinski definition) is 1. The molecular formula is C16H20N4O2S3. The van der Waals surface area contributed by atoms with Gasteiger partial charge in [-0.3, -0.25) is 9.69 Å². The quantitative estimate of drug-likeness (QED) is 0.615. The molecule has 0 saturated carbocycles. The maximum atomic E-state index is 11.7. The van der Waals surface area contributed by atoms with Crippen LogP contribution >= 0.6 is 35.3 Å². The van der Waals surface area contributed by atoms with Crippen LogP contribution in [0, 0.1) is 10.9 Å². The van der Waals surface area contributed by atoms with E-state index < -0.39 is 0 Å². The lowest BCUT2D eigenvalue weighted by atomic mass is 10.2. The van der Waals surface area contributed by atoms with Crippen molar-refractivity contribution in [3.63, 3.8) is 0 Å². The zero-order chi connectivity index (χ0) is 17.8. The molecule has 1 aliphatic rings. The van der Waals surface area contributed by atoms with Crippen LogP contribution in [0.25, 0.3) is 0 Å². The number of carbonyl (C=O) groups is 1. The van der Waals surface area contributed by atoms with Crippen molar-refractivity contribution in [3.05, 3.63) is 33.8 Å². The lowest BCUT2D eigenvalue weighted by molar-refractivity contribution is -0.140. The standard InChI is InChI=1S/C16H20N4O2S3/c1-11-4-3-5-12(8-11)17-15-18-20(16(23)25-15)10-19-6-7-24-13(9-19)14(21)22-2/h3-5,8,13H,6-7,9-10H2,1-2H3,(H,17,18)/t13-/m1/s1. The summed E-state index contributed by atoms with van der Waals surface area (Å²) in [7, 11) is 1.43. The maximum Gasteiger partial charge on any atom is 0.320 e. The van der Waals surface area contributed by atoms with E-state index in [1.807, 2.05) is 16.8 Å². The predicted molar refractivity (Wildman–Crippen MR) is 105 cm³/mol. The van der Waals surface area contributed by atoms with Crippen LogP contribution in [-0.2, 0) is 16.2 Å². The first-order valence-corrected chi connectivity index (χ1v) is 10.2. The van der Waals surface area contributed by atoms with Crippen molar-refractivity contribution >= 4 is 52.1 Å². The fourth-order valence-corrected chi connectivity index (χ4v) is 4.80. The van der Waals surface area contributed by atoms with Gasteiger partial charge in [0, 0.05) is 24.5 Å². The van der Waals surface area contributed by atoms with Crippen LogP contribution < -0.4 is 5.32 Å². The highest BCUT2D eigenvalue weighted by Gasteiger charge is 2.27. The molecule has 1 atom stereocenters. The van der Waals surface area contributed by atoms with E-state index in [0.29, 0.717) is 17.2 Å². The molecule has 1 N–H and O–H groups in total. The molecular weight excluding hydrogens is 376 g/mol. The van der Waals surface area contributed by atoms with E-state index in [2.05, 4.69) is 34.4 Å². The monoisotopic (exact) mass is 396 g/mol. The zero-order valence-corrected chi connectivity index (χ0v) is 16.5. The van der Waals surface area contributed by atoms with Gasteiger partial charge < -0.3 is 10.1 Å². The molecule has 2 heterocycles. The van der Waals surface area contributed by atoms with Crippen LogP contribution in [0.1, 0.15) is 5.56 Å². The van der Waals surface area contributed by atoms with E-state index in [1.165, 1.54) is 24.0 Å². The molecule has 3 rings (SSSR count). The highest BCUT2D eigenvalue weighted by molar-refractivity contribution is 8.00. The molecule has 0 unspecified atom stereocenters. The van der Waals surface area contributed by atoms with Crippen LogP contribution in [0.5, 0.6) is 0 Å². The number of aryl methyl sites for hydroxylation is 1. The number of hydrogen-bond acceptors (Lipinski definition) is 8. The average Bonchev–Trinajstić information content (AvgIpc) is 2.93. The molecule has 0 aliphatic carbocycles. The smallest absolute Gasteiger partial charge is 0.320 e. The summed E-state index contributed by atoms with van der Waals surface area (Å²) in [4.78, 5) is 13.9. The van der Waals surface area contributed by atoms with Gasteiger partial charge in [-0.2, -0.15) is 0 Å². The number of carbonyl (C=O) groups excluding carboxylic acids is 1. The Bertz CT molecular complexity index is 805. The molecule has 0 spiro atoms. The Kier molecular flexibility index (Phi) is 6.10. The number of esters is 1. The summed E-state index contributed by atoms with van der Waals surface area (Å²) < 4.78 is 7.37. The molecule has 0 amide bonds. The van der Waals surface area contributed by atoms with Gasteiger partial charge in [0.05, 0.1) is 13.8 Å². The van der Waals surface area contributed by atoms with Gasteiger partial charge in [0.15, 0.2) is 3.95 Å². The number of thioether (sulfide) groups is 1. The van der Waals surface area contributed by atoms with Gasteiger partial charge in [0.25, 0.3) is 0 Å². The third-order valence-electron chi connectivity index (χ3n) is 3.82. The Morgan fingerprint density at radius 3 is 3.12 bits per heavy atom. The van der Waals surface area contributed by atoms with Crippen molar-refractivity contribution in [1.82, 2.24) is 14.7 Å². The van der Waals surface area contributed by atoms with Gasteiger partial charge in [0.1, 0.15) is 5.25 Å². The summed E-state index contributed by atoms with van der Waals surface area (Å²) in [6.07, 6.45) is 0. The lowest BCUT2D eigenvalue weighted by Crippen LogP contribution is -2.42. The van der Waals surface area contributed by atoms with E-state index in [1.54, 1.807) is 11.8 Å². The first kappa shape index (κ1) is 18.4. The summed E-state index contributed by atoms with van der Waals surface area (Å²) in [5, 5.41) is 8.50. The molecule has 1 fully saturated rings. The first-order chi connectivity index (χ1) is 12.0. The molecule has 0 bridgehead atoms. The van der Waals surface area contributed by atoms with Crippen molar-refractivity contribution in [3.8, 4) is 0 Å². The number of ether oxygens (including phenoxy) is 1. The van der Waals surface area contributed by atoms with Crippen molar-refractivity contribution in [2.45, 2.75) is 18.8 Å². The van der Waals surface area contributed by atoms with E-state index in [0.717, 1.165) is 23.1 Å². The number of benzene rings is 1.